The first-order chi connectivity index (χ1) is 7.09. The van der Waals surface area contributed by atoms with Gasteiger partial charge in [0.25, 0.3) is 0 Å². The summed E-state index contributed by atoms with van der Waals surface area (Å²) in [7, 11) is -3.00. The van der Waals surface area contributed by atoms with Gasteiger partial charge in [0.05, 0.1) is 6.61 Å². The molecule has 0 rings (SSSR count). The van der Waals surface area contributed by atoms with E-state index < -0.39 is 22.4 Å². The number of carbonyl (C=O) groups excluding carboxylic acids is 1. The molecule has 0 heterocycles. The van der Waals surface area contributed by atoms with Gasteiger partial charge in [-0.05, 0) is 6.92 Å². The zero-order valence-corrected chi connectivity index (χ0v) is 13.5. The SMILES string of the molecule is CCOC(=O)C#CN([Si](C)(C)C)[Si](C)(C)C. The molecule has 0 saturated carbocycles. The molecule has 3 nitrogen and oxygen atoms in total. The summed E-state index contributed by atoms with van der Waals surface area (Å²) < 4.78 is 7.06. The van der Waals surface area contributed by atoms with Gasteiger partial charge < -0.3 is 8.97 Å². The van der Waals surface area contributed by atoms with E-state index in [4.69, 9.17) is 4.74 Å². The Balaban J connectivity index is 4.90. The Labute approximate surface area is 101 Å². The minimum Gasteiger partial charge on any atom is -0.456 e. The van der Waals surface area contributed by atoms with Crippen molar-refractivity contribution in [1.29, 1.82) is 0 Å². The molecule has 0 N–H and O–H groups in total. The van der Waals surface area contributed by atoms with E-state index in [1.807, 2.05) is 0 Å². The van der Waals surface area contributed by atoms with Crippen molar-refractivity contribution in [2.24, 2.45) is 0 Å². The van der Waals surface area contributed by atoms with Crippen molar-refractivity contribution in [2.45, 2.75) is 46.2 Å². The third-order valence-corrected chi connectivity index (χ3v) is 8.82. The maximum atomic E-state index is 11.2. The number of rotatable bonds is 3. The maximum absolute atomic E-state index is 11.2. The van der Waals surface area contributed by atoms with E-state index in [0.29, 0.717) is 6.61 Å². The molecule has 0 aromatic rings. The number of nitrogens with zero attached hydrogens (tertiary/aromatic N) is 1. The Hall–Kier alpha value is -0.736. The smallest absolute Gasteiger partial charge is 0.386 e. The Kier molecular flexibility index (Phi) is 5.29. The summed E-state index contributed by atoms with van der Waals surface area (Å²) in [6.07, 6.45) is 0. The fraction of sp³-hybridized carbons (Fsp3) is 0.727. The summed E-state index contributed by atoms with van der Waals surface area (Å²) in [5.74, 6) is 2.15. The fourth-order valence-corrected chi connectivity index (χ4v) is 10.4. The van der Waals surface area contributed by atoms with Crippen LogP contribution in [0.2, 0.25) is 39.3 Å². The second-order valence-corrected chi connectivity index (χ2v) is 15.7. The van der Waals surface area contributed by atoms with Gasteiger partial charge in [-0.15, -0.1) is 0 Å². The van der Waals surface area contributed by atoms with Gasteiger partial charge in [0.2, 0.25) is 0 Å². The summed E-state index contributed by atoms with van der Waals surface area (Å²) >= 11 is 0. The van der Waals surface area contributed by atoms with Crippen LogP contribution in [0.25, 0.3) is 0 Å². The number of carbonyl (C=O) groups is 1. The van der Waals surface area contributed by atoms with E-state index in [1.165, 1.54) is 0 Å². The summed E-state index contributed by atoms with van der Waals surface area (Å²) in [5.41, 5.74) is 0. The van der Waals surface area contributed by atoms with Gasteiger partial charge in [0.15, 0.2) is 0 Å². The zero-order chi connectivity index (χ0) is 13.0. The lowest BCUT2D eigenvalue weighted by atomic mass is 10.7. The van der Waals surface area contributed by atoms with Crippen molar-refractivity contribution in [3.8, 4) is 12.0 Å². The van der Waals surface area contributed by atoms with Crippen LogP contribution in [0.3, 0.4) is 0 Å². The predicted octanol–water partition coefficient (Wildman–Crippen LogP) is 2.48. The van der Waals surface area contributed by atoms with E-state index >= 15 is 0 Å². The third kappa shape index (κ3) is 5.38. The highest BCUT2D eigenvalue weighted by molar-refractivity contribution is 6.90. The lowest BCUT2D eigenvalue weighted by molar-refractivity contribution is -0.136. The average Bonchev–Trinajstić information content (AvgIpc) is 1.99. The van der Waals surface area contributed by atoms with Gasteiger partial charge in [0, 0.05) is 12.0 Å². The van der Waals surface area contributed by atoms with Crippen LogP contribution in [0.4, 0.5) is 0 Å². The van der Waals surface area contributed by atoms with E-state index in [2.05, 4.69) is 55.5 Å². The van der Waals surface area contributed by atoms with Crippen molar-refractivity contribution in [3.05, 3.63) is 0 Å². The van der Waals surface area contributed by atoms with Crippen LogP contribution < -0.4 is 0 Å². The van der Waals surface area contributed by atoms with Crippen LogP contribution in [0.1, 0.15) is 6.92 Å². The van der Waals surface area contributed by atoms with Crippen LogP contribution in [0, 0.1) is 12.0 Å². The largest absolute Gasteiger partial charge is 0.456 e. The molecule has 0 unspecified atom stereocenters. The summed E-state index contributed by atoms with van der Waals surface area (Å²) in [6.45, 7) is 15.6. The molecule has 0 aromatic heterocycles. The van der Waals surface area contributed by atoms with Crippen LogP contribution in [0.5, 0.6) is 0 Å². The van der Waals surface area contributed by atoms with Gasteiger partial charge >= 0.3 is 5.97 Å². The van der Waals surface area contributed by atoms with E-state index in [-0.39, 0.29) is 0 Å². The average molecular weight is 257 g/mol. The highest BCUT2D eigenvalue weighted by atomic mass is 28.4. The third-order valence-electron chi connectivity index (χ3n) is 1.89. The predicted molar refractivity (Wildman–Crippen MR) is 72.9 cm³/mol. The second kappa shape index (κ2) is 5.55. The molecule has 0 atom stereocenters. The van der Waals surface area contributed by atoms with Crippen molar-refractivity contribution < 1.29 is 9.53 Å². The molecule has 16 heavy (non-hydrogen) atoms. The van der Waals surface area contributed by atoms with Crippen molar-refractivity contribution >= 4 is 22.4 Å². The first kappa shape index (κ1) is 15.3. The molecular formula is C11H23NO2Si2. The van der Waals surface area contributed by atoms with Crippen molar-refractivity contribution in [2.75, 3.05) is 6.61 Å². The Bertz CT molecular complexity index is 291. The van der Waals surface area contributed by atoms with Crippen LogP contribution >= 0.6 is 0 Å². The Morgan fingerprint density at radius 2 is 1.56 bits per heavy atom. The standard InChI is InChI=1S/C11H23NO2Si2/c1-8-14-11(13)9-10-12(15(2,3)4)16(5,6)7/h8H2,1-7H3. The molecule has 0 aliphatic heterocycles. The number of esters is 1. The first-order valence-electron chi connectivity index (χ1n) is 5.57. The van der Waals surface area contributed by atoms with Gasteiger partial charge in [-0.3, -0.25) is 0 Å². The molecule has 5 heteroatoms. The van der Waals surface area contributed by atoms with Crippen molar-refractivity contribution in [1.82, 2.24) is 4.23 Å². The molecule has 0 aliphatic carbocycles. The summed E-state index contributed by atoms with van der Waals surface area (Å²) in [6, 6.07) is 3.02. The molecular weight excluding hydrogens is 234 g/mol. The highest BCUT2D eigenvalue weighted by Gasteiger charge is 2.32. The van der Waals surface area contributed by atoms with Gasteiger partial charge in [-0.2, -0.15) is 0 Å². The molecule has 0 spiro atoms. The normalized spacial score (nSPS) is 11.4. The Morgan fingerprint density at radius 3 is 1.88 bits per heavy atom. The van der Waals surface area contributed by atoms with Crippen molar-refractivity contribution in [3.63, 3.8) is 0 Å². The molecule has 0 radical (unpaired) electrons. The van der Waals surface area contributed by atoms with Crippen LogP contribution in [-0.2, 0) is 9.53 Å². The van der Waals surface area contributed by atoms with Gasteiger partial charge in [-0.1, -0.05) is 39.3 Å². The summed E-state index contributed by atoms with van der Waals surface area (Å²) in [4.78, 5) is 11.2. The summed E-state index contributed by atoms with van der Waals surface area (Å²) in [5, 5.41) is 0. The topological polar surface area (TPSA) is 29.5 Å². The lowest BCUT2D eigenvalue weighted by Gasteiger charge is -2.40. The first-order valence-corrected chi connectivity index (χ1v) is 12.5. The number of hydrogen-bond acceptors (Lipinski definition) is 3. The van der Waals surface area contributed by atoms with Crippen LogP contribution in [0.15, 0.2) is 0 Å². The molecule has 0 fully saturated rings. The minimum absolute atomic E-state index is 0.382. The molecule has 0 saturated heterocycles. The monoisotopic (exact) mass is 257 g/mol. The quantitative estimate of drug-likeness (QED) is 0.337. The van der Waals surface area contributed by atoms with E-state index in [9.17, 15) is 4.79 Å². The maximum Gasteiger partial charge on any atom is 0.386 e. The number of ether oxygens (including phenoxy) is 1. The van der Waals surface area contributed by atoms with Gasteiger partial charge in [0.1, 0.15) is 16.5 Å². The van der Waals surface area contributed by atoms with E-state index in [1.54, 1.807) is 6.92 Å². The molecule has 0 aromatic carbocycles. The molecule has 0 amide bonds. The minimum atomic E-state index is -1.50. The Morgan fingerprint density at radius 1 is 1.12 bits per heavy atom. The number of hydrogen-bond donors (Lipinski definition) is 0. The van der Waals surface area contributed by atoms with Gasteiger partial charge in [-0.25, -0.2) is 4.79 Å². The lowest BCUT2D eigenvalue weighted by Crippen LogP contribution is -2.56. The van der Waals surface area contributed by atoms with E-state index in [0.717, 1.165) is 0 Å². The van der Waals surface area contributed by atoms with Crippen LogP contribution in [-0.4, -0.2) is 33.3 Å². The molecule has 92 valence electrons. The molecule has 0 aliphatic rings. The highest BCUT2D eigenvalue weighted by Crippen LogP contribution is 2.17. The fourth-order valence-electron chi connectivity index (χ4n) is 1.61. The zero-order valence-electron chi connectivity index (χ0n) is 11.5. The molecule has 0 bridgehead atoms. The second-order valence-electron chi connectivity index (χ2n) is 5.63.